The van der Waals surface area contributed by atoms with Crippen LogP contribution in [0.25, 0.3) is 11.1 Å². The topological polar surface area (TPSA) is 105 Å². The van der Waals surface area contributed by atoms with Gasteiger partial charge in [-0.3, -0.25) is 4.79 Å². The number of carboxylic acid groups (broad SMARTS) is 1. The van der Waals surface area contributed by atoms with Crippen molar-refractivity contribution in [3.63, 3.8) is 0 Å². The number of halogens is 1. The molecular formula is C27H23FN2O5. The summed E-state index contributed by atoms with van der Waals surface area (Å²) >= 11 is 0. The Kier molecular flexibility index (Phi) is 5.94. The average molecular weight is 474 g/mol. The number of carboxylic acids is 1. The van der Waals surface area contributed by atoms with E-state index in [1.807, 2.05) is 36.4 Å². The highest BCUT2D eigenvalue weighted by Crippen LogP contribution is 2.44. The van der Waals surface area contributed by atoms with E-state index in [2.05, 4.69) is 22.8 Å². The molecule has 2 amide bonds. The predicted octanol–water partition coefficient (Wildman–Crippen LogP) is 4.64. The normalized spacial score (nSPS) is 17.7. The third kappa shape index (κ3) is 4.59. The number of anilines is 1. The number of ether oxygens (including phenoxy) is 1. The van der Waals surface area contributed by atoms with Crippen LogP contribution in [-0.4, -0.2) is 36.2 Å². The number of carbonyl (C=O) groups excluding carboxylic acids is 2. The van der Waals surface area contributed by atoms with E-state index in [1.54, 1.807) is 0 Å². The van der Waals surface area contributed by atoms with Crippen molar-refractivity contribution in [3.05, 3.63) is 89.2 Å². The fraction of sp³-hybridized carbons (Fsp3) is 0.222. The molecule has 35 heavy (non-hydrogen) atoms. The number of rotatable bonds is 7. The molecule has 2 aliphatic carbocycles. The Morgan fingerprint density at radius 1 is 0.971 bits per heavy atom. The molecule has 0 aromatic heterocycles. The fourth-order valence-electron chi connectivity index (χ4n) is 4.64. The lowest BCUT2D eigenvalue weighted by molar-refractivity contribution is -0.117. The van der Waals surface area contributed by atoms with Crippen molar-refractivity contribution in [2.24, 2.45) is 11.8 Å². The maximum absolute atomic E-state index is 13.9. The van der Waals surface area contributed by atoms with E-state index >= 15 is 0 Å². The number of alkyl carbamates (subject to hydrolysis) is 1. The van der Waals surface area contributed by atoms with Crippen LogP contribution in [0.15, 0.2) is 66.7 Å². The molecule has 2 unspecified atom stereocenters. The molecule has 0 spiro atoms. The summed E-state index contributed by atoms with van der Waals surface area (Å²) in [5.74, 6) is -2.86. The van der Waals surface area contributed by atoms with E-state index in [9.17, 15) is 18.8 Å². The van der Waals surface area contributed by atoms with Gasteiger partial charge in [0.05, 0.1) is 11.3 Å². The SMILES string of the molecule is O=C(NCC1CC1C(=O)Nc1cc(C(=O)O)ccc1F)OCC1c2ccccc2-c2ccccc21. The molecular weight excluding hydrogens is 451 g/mol. The number of hydrogen-bond acceptors (Lipinski definition) is 4. The fourth-order valence-corrected chi connectivity index (χ4v) is 4.64. The van der Waals surface area contributed by atoms with Gasteiger partial charge in [0, 0.05) is 18.4 Å². The summed E-state index contributed by atoms with van der Waals surface area (Å²) in [4.78, 5) is 35.8. The zero-order valence-corrected chi connectivity index (χ0v) is 18.7. The van der Waals surface area contributed by atoms with Gasteiger partial charge in [-0.15, -0.1) is 0 Å². The standard InChI is InChI=1S/C27H23FN2O5/c28-23-10-9-15(26(32)33)12-24(23)30-25(31)21-11-16(21)13-29-27(34)35-14-22-19-7-3-1-5-17(19)18-6-2-4-8-20(18)22/h1-10,12,16,21-22H,11,13-14H2,(H,29,34)(H,30,31)(H,32,33). The van der Waals surface area contributed by atoms with Crippen molar-refractivity contribution < 1.29 is 28.6 Å². The van der Waals surface area contributed by atoms with Gasteiger partial charge >= 0.3 is 12.1 Å². The Balaban J connectivity index is 1.11. The maximum atomic E-state index is 13.9. The van der Waals surface area contributed by atoms with Gasteiger partial charge in [-0.05, 0) is 52.8 Å². The lowest BCUT2D eigenvalue weighted by atomic mass is 9.98. The zero-order valence-electron chi connectivity index (χ0n) is 18.7. The number of nitrogens with one attached hydrogen (secondary N) is 2. The molecule has 2 aliphatic rings. The van der Waals surface area contributed by atoms with Crippen molar-refractivity contribution in [1.29, 1.82) is 0 Å². The molecule has 5 rings (SSSR count). The number of hydrogen-bond donors (Lipinski definition) is 3. The summed E-state index contributed by atoms with van der Waals surface area (Å²) in [7, 11) is 0. The second-order valence-electron chi connectivity index (χ2n) is 8.80. The van der Waals surface area contributed by atoms with Gasteiger partial charge in [-0.2, -0.15) is 0 Å². The monoisotopic (exact) mass is 474 g/mol. The summed E-state index contributed by atoms with van der Waals surface area (Å²) in [5, 5.41) is 14.2. The summed E-state index contributed by atoms with van der Waals surface area (Å²) in [6.45, 7) is 0.458. The molecule has 3 N–H and O–H groups in total. The van der Waals surface area contributed by atoms with Gasteiger partial charge in [0.1, 0.15) is 12.4 Å². The Hall–Kier alpha value is -4.20. The molecule has 7 nitrogen and oxygen atoms in total. The van der Waals surface area contributed by atoms with Gasteiger partial charge in [0.15, 0.2) is 0 Å². The first-order valence-electron chi connectivity index (χ1n) is 11.3. The molecule has 178 valence electrons. The second-order valence-corrected chi connectivity index (χ2v) is 8.80. The first kappa shape index (κ1) is 22.6. The molecule has 1 saturated carbocycles. The molecule has 3 aromatic rings. The van der Waals surface area contributed by atoms with Crippen LogP contribution in [0.2, 0.25) is 0 Å². The second kappa shape index (κ2) is 9.21. The van der Waals surface area contributed by atoms with E-state index in [4.69, 9.17) is 9.84 Å². The highest BCUT2D eigenvalue weighted by atomic mass is 19.1. The van der Waals surface area contributed by atoms with Crippen molar-refractivity contribution in [2.45, 2.75) is 12.3 Å². The minimum atomic E-state index is -1.21. The lowest BCUT2D eigenvalue weighted by Crippen LogP contribution is -2.29. The van der Waals surface area contributed by atoms with Crippen LogP contribution in [0, 0.1) is 17.7 Å². The Labute approximate surface area is 200 Å². The summed E-state index contributed by atoms with van der Waals surface area (Å²) in [6, 6.07) is 19.4. The van der Waals surface area contributed by atoms with Crippen molar-refractivity contribution in [2.75, 3.05) is 18.5 Å². The molecule has 0 bridgehead atoms. The van der Waals surface area contributed by atoms with E-state index in [0.29, 0.717) is 6.42 Å². The molecule has 0 aliphatic heterocycles. The van der Waals surface area contributed by atoms with Gasteiger partial charge in [0.2, 0.25) is 5.91 Å². The van der Waals surface area contributed by atoms with Gasteiger partial charge in [0.25, 0.3) is 0 Å². The van der Waals surface area contributed by atoms with Crippen LogP contribution in [0.3, 0.4) is 0 Å². The smallest absolute Gasteiger partial charge is 0.407 e. The quantitative estimate of drug-likeness (QED) is 0.463. The Morgan fingerprint density at radius 2 is 1.63 bits per heavy atom. The van der Waals surface area contributed by atoms with Crippen LogP contribution in [-0.2, 0) is 9.53 Å². The van der Waals surface area contributed by atoms with Crippen molar-refractivity contribution in [3.8, 4) is 11.1 Å². The maximum Gasteiger partial charge on any atom is 0.407 e. The first-order chi connectivity index (χ1) is 16.9. The van der Waals surface area contributed by atoms with Crippen molar-refractivity contribution in [1.82, 2.24) is 5.32 Å². The molecule has 0 heterocycles. The Bertz CT molecular complexity index is 1280. The Morgan fingerprint density at radius 3 is 2.29 bits per heavy atom. The number of benzene rings is 3. The van der Waals surface area contributed by atoms with Crippen LogP contribution in [0.5, 0.6) is 0 Å². The molecule has 0 saturated heterocycles. The number of fused-ring (bicyclic) bond motifs is 3. The molecule has 2 atom stereocenters. The minimum absolute atomic E-state index is 0.0379. The zero-order chi connectivity index (χ0) is 24.5. The largest absolute Gasteiger partial charge is 0.478 e. The summed E-state index contributed by atoms with van der Waals surface area (Å²) in [6.07, 6.45) is -0.0199. The highest BCUT2D eigenvalue weighted by Gasteiger charge is 2.43. The van der Waals surface area contributed by atoms with Gasteiger partial charge in [-0.1, -0.05) is 48.5 Å². The summed E-state index contributed by atoms with van der Waals surface area (Å²) in [5.41, 5.74) is 4.25. The third-order valence-corrected chi connectivity index (χ3v) is 6.58. The van der Waals surface area contributed by atoms with E-state index in [-0.39, 0.29) is 36.2 Å². The third-order valence-electron chi connectivity index (χ3n) is 6.58. The van der Waals surface area contributed by atoms with Crippen LogP contribution in [0.1, 0.15) is 33.8 Å². The van der Waals surface area contributed by atoms with E-state index in [1.165, 1.54) is 0 Å². The predicted molar refractivity (Wildman–Crippen MR) is 127 cm³/mol. The van der Waals surface area contributed by atoms with Gasteiger partial charge < -0.3 is 20.5 Å². The van der Waals surface area contributed by atoms with Gasteiger partial charge in [-0.25, -0.2) is 14.0 Å². The molecule has 3 aromatic carbocycles. The molecule has 0 radical (unpaired) electrons. The van der Waals surface area contributed by atoms with Crippen LogP contribution in [0.4, 0.5) is 14.9 Å². The minimum Gasteiger partial charge on any atom is -0.478 e. The summed E-state index contributed by atoms with van der Waals surface area (Å²) < 4.78 is 19.5. The van der Waals surface area contributed by atoms with Crippen molar-refractivity contribution >= 4 is 23.7 Å². The molecule has 8 heteroatoms. The molecule has 1 fully saturated rings. The van der Waals surface area contributed by atoms with E-state index < -0.39 is 29.7 Å². The first-order valence-corrected chi connectivity index (χ1v) is 11.3. The van der Waals surface area contributed by atoms with E-state index in [0.717, 1.165) is 40.5 Å². The number of aromatic carboxylic acids is 1. The van der Waals surface area contributed by atoms with Crippen LogP contribution >= 0.6 is 0 Å². The lowest BCUT2D eigenvalue weighted by Gasteiger charge is -2.14. The average Bonchev–Trinajstić information content (AvgIpc) is 3.58. The highest BCUT2D eigenvalue weighted by molar-refractivity contribution is 5.96. The van der Waals surface area contributed by atoms with Crippen LogP contribution < -0.4 is 10.6 Å². The number of carbonyl (C=O) groups is 3. The number of amides is 2.